The third-order valence-electron chi connectivity index (χ3n) is 4.30. The fraction of sp³-hybridized carbons (Fsp3) is 0.438. The zero-order valence-corrected chi connectivity index (χ0v) is 15.9. The second-order valence-electron chi connectivity index (χ2n) is 5.86. The van der Waals surface area contributed by atoms with E-state index in [-0.39, 0.29) is 4.90 Å². The molecule has 0 unspecified atom stereocenters. The van der Waals surface area contributed by atoms with Crippen LogP contribution in [0.3, 0.4) is 0 Å². The van der Waals surface area contributed by atoms with Gasteiger partial charge in [0, 0.05) is 31.9 Å². The van der Waals surface area contributed by atoms with Crippen LogP contribution in [0.5, 0.6) is 5.75 Å². The number of piperazine rings is 1. The molecule has 0 saturated carbocycles. The molecule has 1 saturated heterocycles. The molecule has 0 radical (unpaired) electrons. The van der Waals surface area contributed by atoms with Crippen molar-refractivity contribution in [2.24, 2.45) is 0 Å². The first-order chi connectivity index (χ1) is 11.8. The van der Waals surface area contributed by atoms with E-state index in [9.17, 15) is 8.42 Å². The first-order valence-electron chi connectivity index (χ1n) is 7.86. The molecule has 2 aromatic rings. The van der Waals surface area contributed by atoms with Crippen molar-refractivity contribution < 1.29 is 17.7 Å². The van der Waals surface area contributed by atoms with Gasteiger partial charge in [0.2, 0.25) is 10.0 Å². The second-order valence-corrected chi connectivity index (χ2v) is 8.15. The summed E-state index contributed by atoms with van der Waals surface area (Å²) in [6, 6.07) is 5.56. The Balaban J connectivity index is 1.75. The molecule has 1 aromatic heterocycles. The topological polar surface area (TPSA) is 75.9 Å². The normalized spacial score (nSPS) is 16.2. The van der Waals surface area contributed by atoms with E-state index in [0.717, 1.165) is 5.69 Å². The van der Waals surface area contributed by atoms with Gasteiger partial charge in [-0.15, -0.1) is 0 Å². The van der Waals surface area contributed by atoms with Gasteiger partial charge in [0.15, 0.2) is 5.76 Å². The third-order valence-corrected chi connectivity index (χ3v) is 6.74. The van der Waals surface area contributed by atoms with Crippen molar-refractivity contribution in [3.63, 3.8) is 0 Å². The second kappa shape index (κ2) is 6.86. The summed E-state index contributed by atoms with van der Waals surface area (Å²) in [6.07, 6.45) is 0. The average Bonchev–Trinajstić information content (AvgIpc) is 2.94. The molecular weight excluding hydrogens is 366 g/mol. The Kier molecular flexibility index (Phi) is 4.95. The lowest BCUT2D eigenvalue weighted by molar-refractivity contribution is 0.378. The summed E-state index contributed by atoms with van der Waals surface area (Å²) in [5.74, 6) is 0.937. The van der Waals surface area contributed by atoms with Crippen LogP contribution < -0.4 is 9.64 Å². The van der Waals surface area contributed by atoms with Gasteiger partial charge in [0.05, 0.1) is 12.1 Å². The number of aryl methyl sites for hydroxylation is 2. The number of rotatable bonds is 4. The fourth-order valence-electron chi connectivity index (χ4n) is 3.01. The van der Waals surface area contributed by atoms with Gasteiger partial charge in [-0.05, 0) is 32.0 Å². The van der Waals surface area contributed by atoms with E-state index in [0.29, 0.717) is 48.4 Å². The summed E-state index contributed by atoms with van der Waals surface area (Å²) >= 11 is 6.18. The van der Waals surface area contributed by atoms with Gasteiger partial charge < -0.3 is 14.2 Å². The molecule has 2 heterocycles. The lowest BCUT2D eigenvalue weighted by Gasteiger charge is -2.35. The Morgan fingerprint density at radius 1 is 1.20 bits per heavy atom. The summed E-state index contributed by atoms with van der Waals surface area (Å²) in [5.41, 5.74) is 1.34. The summed E-state index contributed by atoms with van der Waals surface area (Å²) < 4.78 is 37.3. The van der Waals surface area contributed by atoms with Crippen LogP contribution in [0.25, 0.3) is 0 Å². The molecule has 0 aliphatic carbocycles. The van der Waals surface area contributed by atoms with Crippen LogP contribution in [0.15, 0.2) is 27.6 Å². The van der Waals surface area contributed by atoms with Crippen LogP contribution >= 0.6 is 11.6 Å². The SMILES string of the molecule is COc1ccc(N2CCN(S(=O)(=O)c3c(C)noc3C)CC2)cc1Cl. The van der Waals surface area contributed by atoms with Gasteiger partial charge in [0.1, 0.15) is 16.3 Å². The molecule has 0 spiro atoms. The Bertz CT molecular complexity index is 854. The lowest BCUT2D eigenvalue weighted by Crippen LogP contribution is -2.48. The molecule has 1 aromatic carbocycles. The van der Waals surface area contributed by atoms with Crippen molar-refractivity contribution in [2.75, 3.05) is 38.2 Å². The molecule has 3 rings (SSSR count). The number of hydrogen-bond acceptors (Lipinski definition) is 6. The van der Waals surface area contributed by atoms with Crippen LogP contribution in [-0.4, -0.2) is 51.2 Å². The van der Waals surface area contributed by atoms with E-state index in [1.807, 2.05) is 18.2 Å². The minimum absolute atomic E-state index is 0.174. The summed E-state index contributed by atoms with van der Waals surface area (Å²) in [6.45, 7) is 5.17. The largest absolute Gasteiger partial charge is 0.495 e. The molecule has 136 valence electrons. The zero-order valence-electron chi connectivity index (χ0n) is 14.3. The maximum Gasteiger partial charge on any atom is 0.248 e. The van der Waals surface area contributed by atoms with E-state index in [1.54, 1.807) is 21.0 Å². The van der Waals surface area contributed by atoms with Gasteiger partial charge in [0.25, 0.3) is 0 Å². The molecule has 1 fully saturated rings. The van der Waals surface area contributed by atoms with Gasteiger partial charge in [-0.3, -0.25) is 0 Å². The van der Waals surface area contributed by atoms with Crippen molar-refractivity contribution in [3.8, 4) is 5.75 Å². The Morgan fingerprint density at radius 3 is 2.40 bits per heavy atom. The molecule has 0 bridgehead atoms. The summed E-state index contributed by atoms with van der Waals surface area (Å²) in [4.78, 5) is 2.28. The number of sulfonamides is 1. The van der Waals surface area contributed by atoms with Crippen LogP contribution in [0.1, 0.15) is 11.5 Å². The van der Waals surface area contributed by atoms with Crippen molar-refractivity contribution in [1.29, 1.82) is 0 Å². The highest BCUT2D eigenvalue weighted by Crippen LogP contribution is 2.30. The fourth-order valence-corrected chi connectivity index (χ4v) is 4.98. The van der Waals surface area contributed by atoms with Crippen LogP contribution in [-0.2, 0) is 10.0 Å². The Morgan fingerprint density at radius 2 is 1.88 bits per heavy atom. The molecular formula is C16H20ClN3O4S. The van der Waals surface area contributed by atoms with Gasteiger partial charge >= 0.3 is 0 Å². The summed E-state index contributed by atoms with van der Waals surface area (Å²) in [5, 5.41) is 4.28. The Hall–Kier alpha value is -1.77. The lowest BCUT2D eigenvalue weighted by atomic mass is 10.2. The molecule has 25 heavy (non-hydrogen) atoms. The number of ether oxygens (including phenoxy) is 1. The van der Waals surface area contributed by atoms with Crippen molar-refractivity contribution >= 4 is 27.3 Å². The van der Waals surface area contributed by atoms with E-state index in [1.165, 1.54) is 4.31 Å². The van der Waals surface area contributed by atoms with E-state index in [2.05, 4.69) is 10.1 Å². The molecule has 1 aliphatic rings. The quantitative estimate of drug-likeness (QED) is 0.804. The molecule has 0 amide bonds. The summed E-state index contributed by atoms with van der Waals surface area (Å²) in [7, 11) is -2.03. The number of methoxy groups -OCH3 is 1. The van der Waals surface area contributed by atoms with Gasteiger partial charge in [-0.2, -0.15) is 4.31 Å². The first kappa shape index (κ1) is 18.0. The smallest absolute Gasteiger partial charge is 0.248 e. The minimum atomic E-state index is -3.60. The van der Waals surface area contributed by atoms with Crippen LogP contribution in [0.2, 0.25) is 5.02 Å². The Labute approximate surface area is 152 Å². The van der Waals surface area contributed by atoms with Gasteiger partial charge in [-0.1, -0.05) is 16.8 Å². The molecule has 9 heteroatoms. The predicted octanol–water partition coefficient (Wildman–Crippen LogP) is 2.46. The van der Waals surface area contributed by atoms with Crippen molar-refractivity contribution in [3.05, 3.63) is 34.7 Å². The monoisotopic (exact) mass is 385 g/mol. The molecule has 0 N–H and O–H groups in total. The highest BCUT2D eigenvalue weighted by molar-refractivity contribution is 7.89. The minimum Gasteiger partial charge on any atom is -0.495 e. The zero-order chi connectivity index (χ0) is 18.2. The number of hydrogen-bond donors (Lipinski definition) is 0. The number of benzene rings is 1. The molecule has 0 atom stereocenters. The third kappa shape index (κ3) is 3.33. The number of nitrogens with zero attached hydrogens (tertiary/aromatic N) is 3. The van der Waals surface area contributed by atoms with Crippen molar-refractivity contribution in [2.45, 2.75) is 18.7 Å². The highest BCUT2D eigenvalue weighted by Gasteiger charge is 2.33. The van der Waals surface area contributed by atoms with Crippen LogP contribution in [0, 0.1) is 13.8 Å². The van der Waals surface area contributed by atoms with Crippen molar-refractivity contribution in [1.82, 2.24) is 9.46 Å². The number of halogens is 1. The average molecular weight is 386 g/mol. The highest BCUT2D eigenvalue weighted by atomic mass is 35.5. The maximum absolute atomic E-state index is 12.8. The van der Waals surface area contributed by atoms with Gasteiger partial charge in [-0.25, -0.2) is 8.42 Å². The van der Waals surface area contributed by atoms with Crippen LogP contribution in [0.4, 0.5) is 5.69 Å². The standard InChI is InChI=1S/C16H20ClN3O4S/c1-11-16(12(2)24-18-11)25(21,22)20-8-6-19(7-9-20)13-4-5-15(23-3)14(17)10-13/h4-5,10H,6-9H2,1-3H3. The van der Waals surface area contributed by atoms with E-state index >= 15 is 0 Å². The van der Waals surface area contributed by atoms with E-state index < -0.39 is 10.0 Å². The predicted molar refractivity (Wildman–Crippen MR) is 95.0 cm³/mol. The first-order valence-corrected chi connectivity index (χ1v) is 9.68. The molecule has 1 aliphatic heterocycles. The number of aromatic nitrogens is 1. The number of anilines is 1. The maximum atomic E-state index is 12.8. The molecule has 7 nitrogen and oxygen atoms in total. The van der Waals surface area contributed by atoms with E-state index in [4.69, 9.17) is 20.9 Å².